The first-order chi connectivity index (χ1) is 16.5. The maximum atomic E-state index is 13.0. The third-order valence-electron chi connectivity index (χ3n) is 6.12. The predicted molar refractivity (Wildman–Crippen MR) is 126 cm³/mol. The maximum absolute atomic E-state index is 13.0. The van der Waals surface area contributed by atoms with E-state index in [-0.39, 0.29) is 36.8 Å². The van der Waals surface area contributed by atoms with Crippen LogP contribution >= 0.6 is 0 Å². The van der Waals surface area contributed by atoms with E-state index in [1.54, 1.807) is 54.5 Å². The topological polar surface area (TPSA) is 106 Å². The van der Waals surface area contributed by atoms with Gasteiger partial charge in [0.05, 0.1) is 43.2 Å². The largest absolute Gasteiger partial charge is 0.497 e. The minimum absolute atomic E-state index is 0.0242. The van der Waals surface area contributed by atoms with Crippen molar-refractivity contribution in [3.05, 3.63) is 48.0 Å². The Hall–Kier alpha value is -3.59. The molecule has 0 bridgehead atoms. The Morgan fingerprint density at radius 1 is 1.15 bits per heavy atom. The van der Waals surface area contributed by atoms with Crippen LogP contribution in [-0.2, 0) is 14.3 Å². The molecule has 9 nitrogen and oxygen atoms in total. The maximum Gasteiger partial charge on any atom is 0.253 e. The smallest absolute Gasteiger partial charge is 0.253 e. The zero-order chi connectivity index (χ0) is 24.1. The van der Waals surface area contributed by atoms with Crippen LogP contribution in [0.15, 0.2) is 42.5 Å². The fraction of sp³-hybridized carbons (Fsp3) is 0.400. The fourth-order valence-electron chi connectivity index (χ4n) is 4.26. The van der Waals surface area contributed by atoms with Gasteiger partial charge in [-0.05, 0) is 37.1 Å². The Bertz CT molecular complexity index is 1070. The third-order valence-corrected chi connectivity index (χ3v) is 6.12. The third kappa shape index (κ3) is 5.14. The number of para-hydroxylation sites is 1. The molecule has 4 rings (SSSR count). The van der Waals surface area contributed by atoms with Gasteiger partial charge in [0.25, 0.3) is 5.91 Å². The van der Waals surface area contributed by atoms with Crippen molar-refractivity contribution in [1.29, 1.82) is 0 Å². The summed E-state index contributed by atoms with van der Waals surface area (Å²) >= 11 is 0. The first-order valence-electron chi connectivity index (χ1n) is 11.3. The molecule has 3 amide bonds. The summed E-state index contributed by atoms with van der Waals surface area (Å²) in [5, 5.41) is 5.72. The van der Waals surface area contributed by atoms with Gasteiger partial charge in [0.2, 0.25) is 11.8 Å². The van der Waals surface area contributed by atoms with Gasteiger partial charge in [-0.1, -0.05) is 12.1 Å². The number of anilines is 2. The number of rotatable bonds is 8. The van der Waals surface area contributed by atoms with E-state index in [0.29, 0.717) is 41.6 Å². The molecular weight excluding hydrogens is 438 g/mol. The molecule has 0 saturated carbocycles. The van der Waals surface area contributed by atoms with Gasteiger partial charge in [-0.25, -0.2) is 0 Å². The van der Waals surface area contributed by atoms with Crippen LogP contribution < -0.4 is 25.0 Å². The first kappa shape index (κ1) is 23.6. The highest BCUT2D eigenvalue weighted by Gasteiger charge is 2.36. The Morgan fingerprint density at radius 3 is 2.71 bits per heavy atom. The minimum atomic E-state index is -0.567. The number of methoxy groups -OCH3 is 2. The first-order valence-corrected chi connectivity index (χ1v) is 11.3. The van der Waals surface area contributed by atoms with Gasteiger partial charge in [0.1, 0.15) is 11.5 Å². The number of hydrogen-bond acceptors (Lipinski definition) is 6. The van der Waals surface area contributed by atoms with E-state index >= 15 is 0 Å². The molecule has 0 radical (unpaired) electrons. The molecule has 2 aromatic rings. The molecular formula is C25H29N3O6. The number of nitrogens with one attached hydrogen (secondary N) is 2. The highest BCUT2D eigenvalue weighted by atomic mass is 16.5. The Morgan fingerprint density at radius 2 is 1.97 bits per heavy atom. The van der Waals surface area contributed by atoms with Crippen LogP contribution in [0, 0.1) is 5.92 Å². The lowest BCUT2D eigenvalue weighted by molar-refractivity contribution is -0.122. The van der Waals surface area contributed by atoms with Crippen molar-refractivity contribution in [3.63, 3.8) is 0 Å². The lowest BCUT2D eigenvalue weighted by atomic mass is 10.1. The summed E-state index contributed by atoms with van der Waals surface area (Å²) in [4.78, 5) is 40.1. The summed E-state index contributed by atoms with van der Waals surface area (Å²) in [6.07, 6.45) is 2.00. The Labute approximate surface area is 198 Å². The van der Waals surface area contributed by atoms with Gasteiger partial charge in [0.15, 0.2) is 0 Å². The molecule has 2 aromatic carbocycles. The monoisotopic (exact) mass is 467 g/mol. The molecule has 0 aliphatic carbocycles. The molecule has 2 heterocycles. The Balaban J connectivity index is 1.43. The van der Waals surface area contributed by atoms with E-state index in [1.165, 1.54) is 7.11 Å². The summed E-state index contributed by atoms with van der Waals surface area (Å²) in [6, 6.07) is 12.0. The average Bonchev–Trinajstić information content (AvgIpc) is 3.52. The summed E-state index contributed by atoms with van der Waals surface area (Å²) < 4.78 is 16.2. The number of carbonyl (C=O) groups excluding carboxylic acids is 3. The second kappa shape index (κ2) is 10.6. The molecule has 2 fully saturated rings. The van der Waals surface area contributed by atoms with Crippen LogP contribution in [0.2, 0.25) is 0 Å². The minimum Gasteiger partial charge on any atom is -0.497 e. The average molecular weight is 468 g/mol. The fourth-order valence-corrected chi connectivity index (χ4v) is 4.26. The van der Waals surface area contributed by atoms with Crippen LogP contribution in [0.3, 0.4) is 0 Å². The second-order valence-electron chi connectivity index (χ2n) is 8.32. The van der Waals surface area contributed by atoms with Gasteiger partial charge >= 0.3 is 0 Å². The van der Waals surface area contributed by atoms with Gasteiger partial charge < -0.3 is 29.7 Å². The Kier molecular flexibility index (Phi) is 7.32. The molecule has 2 aliphatic rings. The van der Waals surface area contributed by atoms with Crippen molar-refractivity contribution in [1.82, 2.24) is 5.32 Å². The molecule has 2 aliphatic heterocycles. The van der Waals surface area contributed by atoms with Crippen molar-refractivity contribution in [2.75, 3.05) is 44.1 Å². The number of carbonyl (C=O) groups is 3. The second-order valence-corrected chi connectivity index (χ2v) is 8.32. The van der Waals surface area contributed by atoms with Crippen LogP contribution in [0.25, 0.3) is 0 Å². The van der Waals surface area contributed by atoms with Crippen molar-refractivity contribution in [3.8, 4) is 11.5 Å². The highest BCUT2D eigenvalue weighted by molar-refractivity contribution is 6.07. The lowest BCUT2D eigenvalue weighted by Crippen LogP contribution is -2.33. The SMILES string of the molecule is COc1ccc(N2C[C@H](C(=O)Nc3ccccc3C(=O)NC[C@H]3CCCO3)CC2=O)c(OC)c1. The van der Waals surface area contributed by atoms with E-state index in [9.17, 15) is 14.4 Å². The van der Waals surface area contributed by atoms with E-state index < -0.39 is 5.92 Å². The van der Waals surface area contributed by atoms with E-state index in [2.05, 4.69) is 10.6 Å². The standard InChI is InChI=1S/C25H29N3O6/c1-32-17-9-10-21(22(13-17)33-2)28-15-16(12-23(28)29)24(30)27-20-8-4-3-7-19(20)25(31)26-14-18-6-5-11-34-18/h3-4,7-10,13,16,18H,5-6,11-12,14-15H2,1-2H3,(H,26,31)(H,27,30)/t16-,18-/m1/s1. The quantitative estimate of drug-likeness (QED) is 0.618. The van der Waals surface area contributed by atoms with Gasteiger partial charge in [-0.3, -0.25) is 14.4 Å². The molecule has 2 atom stereocenters. The molecule has 180 valence electrons. The highest BCUT2D eigenvalue weighted by Crippen LogP contribution is 2.36. The summed E-state index contributed by atoms with van der Waals surface area (Å²) in [5.74, 6) is -0.243. The number of amides is 3. The van der Waals surface area contributed by atoms with Gasteiger partial charge in [-0.2, -0.15) is 0 Å². The number of ether oxygens (including phenoxy) is 3. The number of hydrogen-bond donors (Lipinski definition) is 2. The van der Waals surface area contributed by atoms with E-state index in [1.807, 2.05) is 0 Å². The van der Waals surface area contributed by atoms with Gasteiger partial charge in [-0.15, -0.1) is 0 Å². The lowest BCUT2D eigenvalue weighted by Gasteiger charge is -2.20. The molecule has 2 N–H and O–H groups in total. The van der Waals surface area contributed by atoms with Crippen molar-refractivity contribution in [2.45, 2.75) is 25.4 Å². The molecule has 9 heteroatoms. The molecule has 2 saturated heterocycles. The van der Waals surface area contributed by atoms with Gasteiger partial charge in [0, 0.05) is 32.2 Å². The molecule has 0 spiro atoms. The molecule has 34 heavy (non-hydrogen) atoms. The van der Waals surface area contributed by atoms with E-state index in [0.717, 1.165) is 12.8 Å². The van der Waals surface area contributed by atoms with E-state index in [4.69, 9.17) is 14.2 Å². The van der Waals surface area contributed by atoms with Crippen LogP contribution in [0.5, 0.6) is 11.5 Å². The van der Waals surface area contributed by atoms with Crippen molar-refractivity contribution < 1.29 is 28.6 Å². The molecule has 0 aromatic heterocycles. The molecule has 0 unspecified atom stereocenters. The zero-order valence-electron chi connectivity index (χ0n) is 19.3. The van der Waals surface area contributed by atoms with Crippen LogP contribution in [-0.4, -0.2) is 57.7 Å². The van der Waals surface area contributed by atoms with Crippen LogP contribution in [0.4, 0.5) is 11.4 Å². The van der Waals surface area contributed by atoms with Crippen LogP contribution in [0.1, 0.15) is 29.6 Å². The number of nitrogens with zero attached hydrogens (tertiary/aromatic N) is 1. The normalized spacial score (nSPS) is 19.7. The number of benzene rings is 2. The summed E-state index contributed by atoms with van der Waals surface area (Å²) in [5.41, 5.74) is 1.36. The zero-order valence-corrected chi connectivity index (χ0v) is 19.3. The predicted octanol–water partition coefficient (Wildman–Crippen LogP) is 2.60. The van der Waals surface area contributed by atoms with Crippen molar-refractivity contribution >= 4 is 29.1 Å². The summed E-state index contributed by atoms with van der Waals surface area (Å²) in [7, 11) is 3.07. The summed E-state index contributed by atoms with van der Waals surface area (Å²) in [6.45, 7) is 1.35. The van der Waals surface area contributed by atoms with Crippen molar-refractivity contribution in [2.24, 2.45) is 5.92 Å².